The summed E-state index contributed by atoms with van der Waals surface area (Å²) in [5, 5.41) is 0. The number of carbonyl (C=O) groups excluding carboxylic acids is 1. The lowest BCUT2D eigenvalue weighted by molar-refractivity contribution is 0.0734. The molecule has 0 aliphatic rings. The molecule has 3 aromatic carbocycles. The van der Waals surface area contributed by atoms with Gasteiger partial charge in [-0.05, 0) is 85.3 Å². The molecule has 3 aromatic rings. The summed E-state index contributed by atoms with van der Waals surface area (Å²) < 4.78 is 17.2. The van der Waals surface area contributed by atoms with Gasteiger partial charge in [0.15, 0.2) is 0 Å². The molecule has 41 heavy (non-hydrogen) atoms. The first kappa shape index (κ1) is 32.0. The van der Waals surface area contributed by atoms with Gasteiger partial charge in [0.25, 0.3) is 0 Å². The van der Waals surface area contributed by atoms with Gasteiger partial charge in [0, 0.05) is 0 Å². The first-order chi connectivity index (χ1) is 20.2. The lowest BCUT2D eigenvalue weighted by Gasteiger charge is -2.08. The van der Waals surface area contributed by atoms with E-state index < -0.39 is 0 Å². The molecule has 0 aliphatic heterocycles. The van der Waals surface area contributed by atoms with Crippen molar-refractivity contribution in [2.75, 3.05) is 13.2 Å². The third-order valence-electron chi connectivity index (χ3n) is 7.23. The molecule has 4 heteroatoms. The predicted octanol–water partition coefficient (Wildman–Crippen LogP) is 10.3. The van der Waals surface area contributed by atoms with Crippen molar-refractivity contribution in [3.8, 4) is 17.2 Å². The van der Waals surface area contributed by atoms with Crippen LogP contribution in [-0.2, 0) is 6.42 Å². The van der Waals surface area contributed by atoms with E-state index in [9.17, 15) is 4.79 Å². The number of hydrogen-bond acceptors (Lipinski definition) is 4. The van der Waals surface area contributed by atoms with Gasteiger partial charge < -0.3 is 14.2 Å². The van der Waals surface area contributed by atoms with Crippen molar-refractivity contribution in [1.82, 2.24) is 0 Å². The average molecular weight is 557 g/mol. The van der Waals surface area contributed by atoms with Gasteiger partial charge in [0.05, 0.1) is 18.8 Å². The molecule has 0 aromatic heterocycles. The third kappa shape index (κ3) is 13.1. The van der Waals surface area contributed by atoms with Gasteiger partial charge in [0.2, 0.25) is 0 Å². The Balaban J connectivity index is 1.16. The lowest BCUT2D eigenvalue weighted by Crippen LogP contribution is -2.08. The number of benzene rings is 3. The van der Waals surface area contributed by atoms with Crippen LogP contribution in [0.25, 0.3) is 6.08 Å². The molecule has 0 fully saturated rings. The lowest BCUT2D eigenvalue weighted by atomic mass is 10.1. The molecule has 4 nitrogen and oxygen atoms in total. The summed E-state index contributed by atoms with van der Waals surface area (Å²) in [5.41, 5.74) is 2.92. The van der Waals surface area contributed by atoms with Crippen LogP contribution in [0, 0.1) is 0 Å². The number of rotatable bonds is 21. The SMILES string of the molecule is C=Cc1ccc(OCCCCCCCCCCCOc2ccc(C(=O)Oc3ccc(CCCCC)cc3)cc2)cc1. The minimum atomic E-state index is -0.349. The van der Waals surface area contributed by atoms with E-state index in [4.69, 9.17) is 14.2 Å². The van der Waals surface area contributed by atoms with Crippen LogP contribution in [0.4, 0.5) is 0 Å². The first-order valence-electron chi connectivity index (χ1n) is 15.6. The van der Waals surface area contributed by atoms with Gasteiger partial charge in [-0.15, -0.1) is 0 Å². The van der Waals surface area contributed by atoms with Crippen LogP contribution in [0.15, 0.2) is 79.4 Å². The summed E-state index contributed by atoms with van der Waals surface area (Å²) in [5.74, 6) is 1.95. The van der Waals surface area contributed by atoms with Crippen molar-refractivity contribution in [3.63, 3.8) is 0 Å². The van der Waals surface area contributed by atoms with E-state index >= 15 is 0 Å². The molecule has 0 saturated carbocycles. The zero-order chi connectivity index (χ0) is 29.0. The van der Waals surface area contributed by atoms with Crippen molar-refractivity contribution in [2.24, 2.45) is 0 Å². The molecule has 220 valence electrons. The molecule has 0 bridgehead atoms. The second-order valence-corrected chi connectivity index (χ2v) is 10.7. The standard InChI is InChI=1S/C37H48O4/c1-3-5-13-16-32-19-25-36(26-20-32)41-37(38)33-21-27-35(28-22-33)40-30-15-12-10-8-6-7-9-11-14-29-39-34-23-17-31(4-2)18-24-34/h4,17-28H,2-3,5-16,29-30H2,1H3. The van der Waals surface area contributed by atoms with E-state index in [0.29, 0.717) is 17.9 Å². The maximum absolute atomic E-state index is 12.5. The van der Waals surface area contributed by atoms with Crippen LogP contribution in [0.1, 0.15) is 105 Å². The average Bonchev–Trinajstić information content (AvgIpc) is 3.01. The molecule has 0 heterocycles. The second kappa shape index (κ2) is 19.5. The first-order valence-corrected chi connectivity index (χ1v) is 15.6. The zero-order valence-corrected chi connectivity index (χ0v) is 25.0. The van der Waals surface area contributed by atoms with E-state index in [2.05, 4.69) is 13.5 Å². The van der Waals surface area contributed by atoms with Crippen LogP contribution < -0.4 is 14.2 Å². The van der Waals surface area contributed by atoms with Crippen molar-refractivity contribution < 1.29 is 19.0 Å². The van der Waals surface area contributed by atoms with Crippen molar-refractivity contribution in [3.05, 3.63) is 96.1 Å². The summed E-state index contributed by atoms with van der Waals surface area (Å²) in [6.07, 6.45) is 17.5. The Bertz CT molecular complexity index is 1120. The maximum atomic E-state index is 12.5. The van der Waals surface area contributed by atoms with Gasteiger partial charge in [-0.25, -0.2) is 4.79 Å². The summed E-state index contributed by atoms with van der Waals surface area (Å²) in [4.78, 5) is 12.5. The maximum Gasteiger partial charge on any atom is 0.343 e. The van der Waals surface area contributed by atoms with Crippen molar-refractivity contribution in [2.45, 2.75) is 90.4 Å². The fourth-order valence-corrected chi connectivity index (χ4v) is 4.68. The zero-order valence-electron chi connectivity index (χ0n) is 25.0. The summed E-state index contributed by atoms with van der Waals surface area (Å²) in [7, 11) is 0. The molecular formula is C37H48O4. The number of ether oxygens (including phenoxy) is 3. The predicted molar refractivity (Wildman–Crippen MR) is 170 cm³/mol. The van der Waals surface area contributed by atoms with Gasteiger partial charge >= 0.3 is 5.97 Å². The molecule has 0 N–H and O–H groups in total. The Morgan fingerprint density at radius 3 is 1.61 bits per heavy atom. The second-order valence-electron chi connectivity index (χ2n) is 10.7. The van der Waals surface area contributed by atoms with Crippen LogP contribution in [0.3, 0.4) is 0 Å². The van der Waals surface area contributed by atoms with Crippen LogP contribution >= 0.6 is 0 Å². The smallest absolute Gasteiger partial charge is 0.343 e. The van der Waals surface area contributed by atoms with Gasteiger partial charge in [-0.3, -0.25) is 0 Å². The van der Waals surface area contributed by atoms with Gasteiger partial charge in [-0.1, -0.05) is 102 Å². The highest BCUT2D eigenvalue weighted by molar-refractivity contribution is 5.91. The molecule has 0 radical (unpaired) electrons. The number of hydrogen-bond donors (Lipinski definition) is 0. The molecule has 0 unspecified atom stereocenters. The molecule has 0 amide bonds. The Kier molecular flexibility index (Phi) is 15.2. The largest absolute Gasteiger partial charge is 0.494 e. The van der Waals surface area contributed by atoms with Crippen molar-refractivity contribution in [1.29, 1.82) is 0 Å². The number of unbranched alkanes of at least 4 members (excludes halogenated alkanes) is 10. The van der Waals surface area contributed by atoms with E-state index in [1.54, 1.807) is 12.1 Å². The summed E-state index contributed by atoms with van der Waals surface area (Å²) in [6, 6.07) is 23.1. The highest BCUT2D eigenvalue weighted by Crippen LogP contribution is 2.19. The molecule has 0 spiro atoms. The summed E-state index contributed by atoms with van der Waals surface area (Å²) >= 11 is 0. The molecule has 0 atom stereocenters. The van der Waals surface area contributed by atoms with Crippen LogP contribution in [0.2, 0.25) is 0 Å². The van der Waals surface area contributed by atoms with Crippen molar-refractivity contribution >= 4 is 12.0 Å². The number of esters is 1. The third-order valence-corrected chi connectivity index (χ3v) is 7.23. The summed E-state index contributed by atoms with van der Waals surface area (Å²) in [6.45, 7) is 7.46. The number of carbonyl (C=O) groups is 1. The minimum absolute atomic E-state index is 0.349. The van der Waals surface area contributed by atoms with E-state index in [-0.39, 0.29) is 5.97 Å². The Hall–Kier alpha value is -3.53. The van der Waals surface area contributed by atoms with Gasteiger partial charge in [0.1, 0.15) is 17.2 Å². The normalized spacial score (nSPS) is 10.8. The highest BCUT2D eigenvalue weighted by atomic mass is 16.5. The van der Waals surface area contributed by atoms with Crippen LogP contribution in [-0.4, -0.2) is 19.2 Å². The molecular weight excluding hydrogens is 508 g/mol. The minimum Gasteiger partial charge on any atom is -0.494 e. The molecule has 0 saturated heterocycles. The van der Waals surface area contributed by atoms with Crippen LogP contribution in [0.5, 0.6) is 17.2 Å². The molecule has 3 rings (SSSR count). The number of aryl methyl sites for hydroxylation is 1. The Morgan fingerprint density at radius 2 is 1.10 bits per heavy atom. The fraction of sp³-hybridized carbons (Fsp3) is 0.432. The van der Waals surface area contributed by atoms with E-state index in [1.807, 2.05) is 66.7 Å². The Morgan fingerprint density at radius 1 is 0.610 bits per heavy atom. The Labute approximate surface area is 247 Å². The quantitative estimate of drug-likeness (QED) is 0.0744. The van der Waals surface area contributed by atoms with E-state index in [1.165, 1.54) is 69.8 Å². The van der Waals surface area contributed by atoms with E-state index in [0.717, 1.165) is 42.9 Å². The topological polar surface area (TPSA) is 44.8 Å². The van der Waals surface area contributed by atoms with Gasteiger partial charge in [-0.2, -0.15) is 0 Å². The monoisotopic (exact) mass is 556 g/mol. The highest BCUT2D eigenvalue weighted by Gasteiger charge is 2.09. The molecule has 0 aliphatic carbocycles. The fourth-order valence-electron chi connectivity index (χ4n) is 4.68.